The zero-order valence-corrected chi connectivity index (χ0v) is 23.9. The molecule has 0 bridgehead atoms. The van der Waals surface area contributed by atoms with E-state index in [1.807, 2.05) is 6.20 Å². The summed E-state index contributed by atoms with van der Waals surface area (Å²) in [7, 11) is 0. The van der Waals surface area contributed by atoms with Gasteiger partial charge in [0.15, 0.2) is 0 Å². The van der Waals surface area contributed by atoms with Crippen molar-refractivity contribution in [1.82, 2.24) is 9.97 Å². The first-order valence-corrected chi connectivity index (χ1v) is 15.0. The highest BCUT2D eigenvalue weighted by Gasteiger charge is 2.15. The quantitative estimate of drug-likeness (QED) is 0.202. The molecule has 0 aliphatic rings. The van der Waals surface area contributed by atoms with Crippen LogP contribution in [0.25, 0.3) is 87.6 Å². The summed E-state index contributed by atoms with van der Waals surface area (Å²) in [5, 5.41) is 9.57. The summed E-state index contributed by atoms with van der Waals surface area (Å²) in [5.41, 5.74) is 8.50. The Hall–Kier alpha value is -5.86. The highest BCUT2D eigenvalue weighted by molar-refractivity contribution is 6.23. The molecule has 2 heteroatoms. The van der Waals surface area contributed by atoms with E-state index in [9.17, 15) is 0 Å². The van der Waals surface area contributed by atoms with Gasteiger partial charge in [-0.2, -0.15) is 0 Å². The van der Waals surface area contributed by atoms with E-state index in [0.29, 0.717) is 0 Å². The molecule has 0 amide bonds. The zero-order chi connectivity index (χ0) is 29.0. The summed E-state index contributed by atoms with van der Waals surface area (Å²) in [6.07, 6.45) is 1.94. The number of aromatic nitrogens is 2. The van der Waals surface area contributed by atoms with Crippen molar-refractivity contribution in [2.75, 3.05) is 0 Å². The van der Waals surface area contributed by atoms with Crippen LogP contribution in [0.4, 0.5) is 0 Å². The van der Waals surface area contributed by atoms with Crippen molar-refractivity contribution in [2.45, 2.75) is 0 Å². The van der Waals surface area contributed by atoms with Crippen molar-refractivity contribution in [3.63, 3.8) is 0 Å². The first kappa shape index (κ1) is 24.7. The molecule has 0 radical (unpaired) electrons. The molecule has 204 valence electrons. The van der Waals surface area contributed by atoms with Crippen LogP contribution in [0.2, 0.25) is 0 Å². The van der Waals surface area contributed by atoms with Gasteiger partial charge in [-0.1, -0.05) is 133 Å². The second-order valence-electron chi connectivity index (χ2n) is 11.4. The minimum Gasteiger partial charge on any atom is -0.252 e. The van der Waals surface area contributed by atoms with E-state index < -0.39 is 0 Å². The van der Waals surface area contributed by atoms with Gasteiger partial charge < -0.3 is 0 Å². The highest BCUT2D eigenvalue weighted by Crippen LogP contribution is 2.39. The van der Waals surface area contributed by atoms with Gasteiger partial charge in [-0.25, -0.2) is 4.98 Å². The van der Waals surface area contributed by atoms with Gasteiger partial charge in [-0.15, -0.1) is 0 Å². The van der Waals surface area contributed by atoms with Gasteiger partial charge in [0.05, 0.1) is 22.9 Å². The van der Waals surface area contributed by atoms with Crippen molar-refractivity contribution in [3.05, 3.63) is 158 Å². The average Bonchev–Trinajstić information content (AvgIpc) is 3.11. The monoisotopic (exact) mass is 558 g/mol. The molecule has 0 unspecified atom stereocenters. The van der Waals surface area contributed by atoms with Crippen LogP contribution < -0.4 is 0 Å². The third-order valence-corrected chi connectivity index (χ3v) is 8.86. The number of rotatable bonds is 3. The van der Waals surface area contributed by atoms with Crippen LogP contribution >= 0.6 is 0 Å². The lowest BCUT2D eigenvalue weighted by Crippen LogP contribution is -1.94. The minimum atomic E-state index is 0.863. The molecule has 0 saturated carbocycles. The van der Waals surface area contributed by atoms with Crippen LogP contribution in [-0.2, 0) is 0 Å². The van der Waals surface area contributed by atoms with Crippen LogP contribution in [0.5, 0.6) is 0 Å². The van der Waals surface area contributed by atoms with E-state index in [1.165, 1.54) is 43.4 Å². The molecule has 0 N–H and O–H groups in total. The molecular formula is C42H26N2. The van der Waals surface area contributed by atoms with E-state index in [1.54, 1.807) is 0 Å². The Bertz CT molecular complexity index is 2420. The second-order valence-corrected chi connectivity index (χ2v) is 11.4. The van der Waals surface area contributed by atoms with Crippen molar-refractivity contribution < 1.29 is 0 Å². The summed E-state index contributed by atoms with van der Waals surface area (Å²) in [4.78, 5) is 10.4. The van der Waals surface area contributed by atoms with E-state index in [2.05, 4.69) is 152 Å². The molecule has 9 rings (SSSR count). The van der Waals surface area contributed by atoms with E-state index in [4.69, 9.17) is 9.97 Å². The summed E-state index contributed by atoms with van der Waals surface area (Å²) < 4.78 is 0. The normalized spacial score (nSPS) is 11.6. The number of nitrogens with zero attached hydrogens (tertiary/aromatic N) is 2. The molecule has 0 atom stereocenters. The molecule has 2 nitrogen and oxygen atoms in total. The van der Waals surface area contributed by atoms with Crippen molar-refractivity contribution in [3.8, 4) is 33.5 Å². The molecular weight excluding hydrogens is 532 g/mol. The Morgan fingerprint density at radius 3 is 1.34 bits per heavy atom. The summed E-state index contributed by atoms with van der Waals surface area (Å²) in [6, 6.07) is 54.2. The first-order valence-electron chi connectivity index (χ1n) is 15.0. The number of hydrogen-bond acceptors (Lipinski definition) is 2. The predicted molar refractivity (Wildman–Crippen MR) is 186 cm³/mol. The van der Waals surface area contributed by atoms with Crippen molar-refractivity contribution in [2.24, 2.45) is 0 Å². The molecule has 1 heterocycles. The Morgan fingerprint density at radius 2 is 0.773 bits per heavy atom. The largest absolute Gasteiger partial charge is 0.252 e. The fourth-order valence-electron chi connectivity index (χ4n) is 6.80. The van der Waals surface area contributed by atoms with Crippen LogP contribution in [0.1, 0.15) is 0 Å². The zero-order valence-electron chi connectivity index (χ0n) is 23.9. The minimum absolute atomic E-state index is 0.863. The SMILES string of the molecule is c1ccc2c(-c3cc(-c4cnc5c6ccccc6c6ccccc6c5n4)cc(-c4cccc5ccccc45)c3)cccc2c1. The smallest absolute Gasteiger partial charge is 0.0979 e. The van der Waals surface area contributed by atoms with Gasteiger partial charge in [0.1, 0.15) is 0 Å². The van der Waals surface area contributed by atoms with Gasteiger partial charge >= 0.3 is 0 Å². The fourth-order valence-corrected chi connectivity index (χ4v) is 6.80. The predicted octanol–water partition coefficient (Wildman–Crippen LogP) is 11.2. The van der Waals surface area contributed by atoms with Crippen molar-refractivity contribution >= 4 is 54.1 Å². The van der Waals surface area contributed by atoms with Gasteiger partial charge in [-0.3, -0.25) is 4.98 Å². The lowest BCUT2D eigenvalue weighted by Gasteiger charge is -2.15. The second kappa shape index (κ2) is 9.86. The third-order valence-electron chi connectivity index (χ3n) is 8.86. The molecule has 0 aliphatic carbocycles. The molecule has 1 aromatic heterocycles. The Labute approximate surface area is 254 Å². The third kappa shape index (κ3) is 3.89. The summed E-state index contributed by atoms with van der Waals surface area (Å²) in [6.45, 7) is 0. The Kier molecular flexibility index (Phi) is 5.54. The lowest BCUT2D eigenvalue weighted by atomic mass is 9.91. The van der Waals surface area contributed by atoms with Crippen LogP contribution in [0, 0.1) is 0 Å². The fraction of sp³-hybridized carbons (Fsp3) is 0. The molecule has 8 aromatic carbocycles. The Balaban J connectivity index is 1.35. The van der Waals surface area contributed by atoms with E-state index in [-0.39, 0.29) is 0 Å². The molecule has 0 fully saturated rings. The first-order chi connectivity index (χ1) is 21.8. The maximum atomic E-state index is 5.36. The molecule has 0 saturated heterocycles. The number of benzene rings is 8. The molecule has 0 spiro atoms. The molecule has 44 heavy (non-hydrogen) atoms. The van der Waals surface area contributed by atoms with Crippen LogP contribution in [-0.4, -0.2) is 9.97 Å². The lowest BCUT2D eigenvalue weighted by molar-refractivity contribution is 1.31. The molecule has 9 aromatic rings. The summed E-state index contributed by atoms with van der Waals surface area (Å²) in [5.74, 6) is 0. The van der Waals surface area contributed by atoms with E-state index in [0.717, 1.165) is 44.2 Å². The van der Waals surface area contributed by atoms with Crippen LogP contribution in [0.15, 0.2) is 158 Å². The Morgan fingerprint density at radius 1 is 0.341 bits per heavy atom. The number of fused-ring (bicyclic) bond motifs is 8. The van der Waals surface area contributed by atoms with Gasteiger partial charge in [0, 0.05) is 16.3 Å². The standard InChI is InChI=1S/C42H26N2/c1-3-15-32-27(11-1)13-9-21-34(32)29-23-30(35-22-10-14-28-12-2-4-16-33(28)35)25-31(24-29)40-26-43-41-38-19-7-5-17-36(38)37-18-6-8-20-39(37)42(41)44-40/h1-26H. The highest BCUT2D eigenvalue weighted by atomic mass is 14.8. The topological polar surface area (TPSA) is 25.8 Å². The van der Waals surface area contributed by atoms with Crippen molar-refractivity contribution in [1.29, 1.82) is 0 Å². The van der Waals surface area contributed by atoms with Crippen LogP contribution in [0.3, 0.4) is 0 Å². The maximum Gasteiger partial charge on any atom is 0.0979 e. The van der Waals surface area contributed by atoms with Gasteiger partial charge in [0.2, 0.25) is 0 Å². The summed E-state index contributed by atoms with van der Waals surface area (Å²) >= 11 is 0. The average molecular weight is 559 g/mol. The molecule has 0 aliphatic heterocycles. The maximum absolute atomic E-state index is 5.36. The number of hydrogen-bond donors (Lipinski definition) is 0. The van der Waals surface area contributed by atoms with Gasteiger partial charge in [-0.05, 0) is 72.8 Å². The van der Waals surface area contributed by atoms with E-state index >= 15 is 0 Å². The van der Waals surface area contributed by atoms with Gasteiger partial charge in [0.25, 0.3) is 0 Å².